The first-order chi connectivity index (χ1) is 19.4. The van der Waals surface area contributed by atoms with Crippen LogP contribution in [0.5, 0.6) is 0 Å². The van der Waals surface area contributed by atoms with Crippen molar-refractivity contribution in [3.8, 4) is 0 Å². The second-order valence-electron chi connectivity index (χ2n) is 8.82. The summed E-state index contributed by atoms with van der Waals surface area (Å²) in [5.41, 5.74) is 1.95. The molecule has 5 aromatic rings. The normalized spacial score (nSPS) is 12.6. The van der Waals surface area contributed by atoms with E-state index in [1.165, 1.54) is 37.7 Å². The number of carbonyl (C=O) groups excluding carboxylic acids is 2. The van der Waals surface area contributed by atoms with Crippen LogP contribution in [0.15, 0.2) is 91.3 Å². The van der Waals surface area contributed by atoms with Crippen LogP contribution in [0.1, 0.15) is 15.9 Å². The highest BCUT2D eigenvalue weighted by Crippen LogP contribution is 2.35. The molecule has 0 fully saturated rings. The Morgan fingerprint density at radius 1 is 0.975 bits per heavy atom. The molecule has 1 amide bonds. The lowest BCUT2D eigenvalue weighted by atomic mass is 10.0. The molecule has 0 radical (unpaired) electrons. The number of nitrogens with zero attached hydrogens (tertiary/aromatic N) is 3. The van der Waals surface area contributed by atoms with Gasteiger partial charge in [-0.2, -0.15) is 0 Å². The third-order valence-corrected chi connectivity index (χ3v) is 7.26. The molecule has 0 saturated carbocycles. The average Bonchev–Trinajstić information content (AvgIpc) is 2.96. The minimum atomic E-state index is -2.63. The molecule has 0 aliphatic rings. The fraction of sp³-hybridized carbons (Fsp3) is 0.103. The number of esters is 1. The Morgan fingerprint density at radius 2 is 1.75 bits per heavy atom. The Balaban J connectivity index is 1.51. The van der Waals surface area contributed by atoms with Crippen LogP contribution in [0.3, 0.4) is 0 Å². The first-order valence-electron chi connectivity index (χ1n) is 12.1. The van der Waals surface area contributed by atoms with Gasteiger partial charge in [0.2, 0.25) is 0 Å². The second kappa shape index (κ2) is 11.8. The van der Waals surface area contributed by atoms with Crippen LogP contribution < -0.4 is 9.62 Å². The standard InChI is InChI=1S/C29H23ClN4O5S/c1-39-29(36)24(16-18-9-10-19-5-2-3-6-20(19)15-18)33-28(35)22-12-11-21(30)17-26(22)34(40(37)38)25-8-4-7-23-27(25)32-14-13-31-23/h2-15,17,24H,16H2,1H3,(H,33,35)(H,37,38)/t24-/m0/s1. The molecule has 0 spiro atoms. The minimum Gasteiger partial charge on any atom is -0.467 e. The molecule has 40 heavy (non-hydrogen) atoms. The smallest absolute Gasteiger partial charge is 0.328 e. The number of fused-ring (bicyclic) bond motifs is 2. The molecule has 2 N–H and O–H groups in total. The van der Waals surface area contributed by atoms with Crippen LogP contribution in [-0.4, -0.2) is 43.8 Å². The number of aromatic nitrogens is 2. The molecule has 4 aromatic carbocycles. The molecular weight excluding hydrogens is 552 g/mol. The van der Waals surface area contributed by atoms with Gasteiger partial charge in [0.25, 0.3) is 17.2 Å². The summed E-state index contributed by atoms with van der Waals surface area (Å²) >= 11 is 3.64. The summed E-state index contributed by atoms with van der Waals surface area (Å²) < 4.78 is 29.1. The molecule has 1 heterocycles. The molecule has 5 rings (SSSR count). The zero-order valence-electron chi connectivity index (χ0n) is 21.2. The van der Waals surface area contributed by atoms with Gasteiger partial charge < -0.3 is 10.1 Å². The SMILES string of the molecule is COC(=O)[C@H](Cc1ccc2ccccc2c1)NC(=O)c1ccc(Cl)cc1N(c1cccc2nccnc12)S(=O)O. The molecule has 0 bridgehead atoms. The number of nitrogens with one attached hydrogen (secondary N) is 1. The van der Waals surface area contributed by atoms with E-state index in [2.05, 4.69) is 15.3 Å². The number of halogens is 1. The highest BCUT2D eigenvalue weighted by atomic mass is 35.5. The zero-order chi connectivity index (χ0) is 28.2. The summed E-state index contributed by atoms with van der Waals surface area (Å²) in [6, 6.07) is 21.8. The molecule has 1 aromatic heterocycles. The Hall–Kier alpha value is -4.38. The third-order valence-electron chi connectivity index (χ3n) is 6.32. The number of para-hydroxylation sites is 1. The molecule has 0 aliphatic carbocycles. The van der Waals surface area contributed by atoms with Crippen molar-refractivity contribution in [2.45, 2.75) is 12.5 Å². The predicted molar refractivity (Wildman–Crippen MR) is 155 cm³/mol. The Morgan fingerprint density at radius 3 is 2.52 bits per heavy atom. The van der Waals surface area contributed by atoms with Crippen molar-refractivity contribution in [3.05, 3.63) is 107 Å². The maximum atomic E-state index is 13.6. The van der Waals surface area contributed by atoms with Crippen molar-refractivity contribution in [2.24, 2.45) is 0 Å². The number of benzene rings is 4. The van der Waals surface area contributed by atoms with E-state index in [1.807, 2.05) is 42.5 Å². The fourth-order valence-electron chi connectivity index (χ4n) is 4.48. The monoisotopic (exact) mass is 574 g/mol. The first kappa shape index (κ1) is 27.2. The molecule has 2 atom stereocenters. The summed E-state index contributed by atoms with van der Waals surface area (Å²) in [6.45, 7) is 0. The Kier molecular flexibility index (Phi) is 8.01. The van der Waals surface area contributed by atoms with Crippen LogP contribution in [-0.2, 0) is 27.2 Å². The van der Waals surface area contributed by atoms with Crippen molar-refractivity contribution >= 4 is 67.9 Å². The summed E-state index contributed by atoms with van der Waals surface area (Å²) in [6.07, 6.45) is 3.14. The number of hydrogen-bond acceptors (Lipinski definition) is 6. The lowest BCUT2D eigenvalue weighted by Crippen LogP contribution is -2.43. The molecule has 0 aliphatic heterocycles. The van der Waals surface area contributed by atoms with Crippen molar-refractivity contribution in [2.75, 3.05) is 11.4 Å². The number of ether oxygens (including phenoxy) is 1. The molecule has 0 saturated heterocycles. The van der Waals surface area contributed by atoms with E-state index >= 15 is 0 Å². The highest BCUT2D eigenvalue weighted by molar-refractivity contribution is 7.81. The van der Waals surface area contributed by atoms with E-state index in [-0.39, 0.29) is 28.4 Å². The van der Waals surface area contributed by atoms with Crippen molar-refractivity contribution < 1.29 is 23.1 Å². The van der Waals surface area contributed by atoms with Crippen molar-refractivity contribution in [1.29, 1.82) is 0 Å². The van der Waals surface area contributed by atoms with Crippen LogP contribution in [0.25, 0.3) is 21.8 Å². The van der Waals surface area contributed by atoms with E-state index in [0.29, 0.717) is 11.0 Å². The lowest BCUT2D eigenvalue weighted by Gasteiger charge is -2.24. The number of carbonyl (C=O) groups is 2. The maximum Gasteiger partial charge on any atom is 0.328 e. The topological polar surface area (TPSA) is 122 Å². The number of amides is 1. The highest BCUT2D eigenvalue weighted by Gasteiger charge is 2.28. The van der Waals surface area contributed by atoms with Crippen molar-refractivity contribution in [3.63, 3.8) is 0 Å². The van der Waals surface area contributed by atoms with Gasteiger partial charge in [-0.1, -0.05) is 60.1 Å². The molecular formula is C29H23ClN4O5S. The number of rotatable bonds is 8. The van der Waals surface area contributed by atoms with Gasteiger partial charge in [-0.15, -0.1) is 0 Å². The minimum absolute atomic E-state index is 0.0140. The van der Waals surface area contributed by atoms with Crippen LogP contribution in [0.2, 0.25) is 5.02 Å². The first-order valence-corrected chi connectivity index (χ1v) is 13.6. The van der Waals surface area contributed by atoms with Gasteiger partial charge in [0, 0.05) is 23.8 Å². The van der Waals surface area contributed by atoms with Gasteiger partial charge in [0.15, 0.2) is 0 Å². The maximum absolute atomic E-state index is 13.6. The summed E-state index contributed by atoms with van der Waals surface area (Å²) in [7, 11) is 1.24. The predicted octanol–water partition coefficient (Wildman–Crippen LogP) is 5.23. The summed E-state index contributed by atoms with van der Waals surface area (Å²) in [5.74, 6) is -1.30. The van der Waals surface area contributed by atoms with Gasteiger partial charge in [0.1, 0.15) is 11.6 Å². The zero-order valence-corrected chi connectivity index (χ0v) is 22.7. The fourth-order valence-corrected chi connectivity index (χ4v) is 5.28. The van der Waals surface area contributed by atoms with Gasteiger partial charge in [-0.3, -0.25) is 19.3 Å². The number of hydrogen-bond donors (Lipinski definition) is 2. The van der Waals surface area contributed by atoms with E-state index in [9.17, 15) is 18.4 Å². The summed E-state index contributed by atoms with van der Waals surface area (Å²) in [4.78, 5) is 34.9. The molecule has 1 unspecified atom stereocenters. The Labute approximate surface area is 237 Å². The van der Waals surface area contributed by atoms with Crippen LogP contribution in [0, 0.1) is 0 Å². The molecule has 11 heteroatoms. The van der Waals surface area contributed by atoms with Crippen LogP contribution >= 0.6 is 11.6 Å². The number of methoxy groups -OCH3 is 1. The van der Waals surface area contributed by atoms with Gasteiger partial charge in [0.05, 0.1) is 29.6 Å². The molecule has 9 nitrogen and oxygen atoms in total. The molecule has 202 valence electrons. The number of anilines is 2. The second-order valence-corrected chi connectivity index (χ2v) is 10.1. The average molecular weight is 575 g/mol. The van der Waals surface area contributed by atoms with Crippen molar-refractivity contribution in [1.82, 2.24) is 15.3 Å². The van der Waals surface area contributed by atoms with E-state index in [4.69, 9.17) is 16.3 Å². The van der Waals surface area contributed by atoms with E-state index < -0.39 is 29.2 Å². The van der Waals surface area contributed by atoms with Gasteiger partial charge in [-0.05, 0) is 46.7 Å². The summed E-state index contributed by atoms with van der Waals surface area (Å²) in [5, 5.41) is 5.00. The van der Waals surface area contributed by atoms with E-state index in [1.54, 1.807) is 18.2 Å². The van der Waals surface area contributed by atoms with Crippen LogP contribution in [0.4, 0.5) is 11.4 Å². The lowest BCUT2D eigenvalue weighted by molar-refractivity contribution is -0.142. The van der Waals surface area contributed by atoms with Gasteiger partial charge in [-0.25, -0.2) is 13.3 Å². The third kappa shape index (κ3) is 5.64. The Bertz CT molecular complexity index is 1760. The quantitative estimate of drug-likeness (QED) is 0.192. The van der Waals surface area contributed by atoms with E-state index in [0.717, 1.165) is 20.6 Å². The largest absolute Gasteiger partial charge is 0.467 e. The van der Waals surface area contributed by atoms with Gasteiger partial charge >= 0.3 is 5.97 Å².